The summed E-state index contributed by atoms with van der Waals surface area (Å²) in [5, 5.41) is 0.237. The average molecular weight is 298 g/mol. The molecule has 0 aromatic heterocycles. The third-order valence-corrected chi connectivity index (χ3v) is 5.04. The molecule has 110 valence electrons. The van der Waals surface area contributed by atoms with Gasteiger partial charge in [0.2, 0.25) is 0 Å². The largest absolute Gasteiger partial charge is 0.379 e. The number of hydrogen-bond donors (Lipinski definition) is 0. The average Bonchev–Trinajstić information content (AvgIpc) is 2.51. The van der Waals surface area contributed by atoms with Crippen LogP contribution in [0.15, 0.2) is 18.2 Å². The van der Waals surface area contributed by atoms with Crippen LogP contribution in [0.25, 0.3) is 0 Å². The van der Waals surface area contributed by atoms with E-state index >= 15 is 0 Å². The third-order valence-electron chi connectivity index (χ3n) is 4.75. The van der Waals surface area contributed by atoms with Crippen molar-refractivity contribution in [3.8, 4) is 0 Å². The first-order chi connectivity index (χ1) is 9.72. The normalized spacial score (nSPS) is 23.7. The lowest BCUT2D eigenvalue weighted by Gasteiger charge is -2.48. The molecule has 1 aliphatic heterocycles. The fourth-order valence-electron chi connectivity index (χ4n) is 3.70. The number of hydrogen-bond acceptors (Lipinski definition) is 2. The number of benzene rings is 1. The first kappa shape index (κ1) is 14.3. The number of ether oxygens (including phenoxy) is 1. The van der Waals surface area contributed by atoms with Gasteiger partial charge in [-0.15, -0.1) is 0 Å². The summed E-state index contributed by atoms with van der Waals surface area (Å²) < 4.78 is 19.0. The molecule has 3 rings (SSSR count). The zero-order chi connectivity index (χ0) is 14.0. The van der Waals surface area contributed by atoms with Crippen molar-refractivity contribution in [2.75, 3.05) is 26.3 Å². The molecule has 2 fully saturated rings. The van der Waals surface area contributed by atoms with Crippen LogP contribution in [-0.2, 0) is 10.3 Å². The standard InChI is InChI=1S/C16H21ClFNO/c17-14-12-13(4-5-15(14)18)16(6-2-1-3-7-16)19-8-10-20-11-9-19/h4-5,12H,1-3,6-11H2. The van der Waals surface area contributed by atoms with Gasteiger partial charge in [0, 0.05) is 18.6 Å². The van der Waals surface area contributed by atoms with E-state index in [-0.39, 0.29) is 16.4 Å². The van der Waals surface area contributed by atoms with Crippen LogP contribution in [0.2, 0.25) is 5.02 Å². The minimum atomic E-state index is -0.330. The Hall–Kier alpha value is -0.640. The van der Waals surface area contributed by atoms with Crippen molar-refractivity contribution in [3.05, 3.63) is 34.6 Å². The summed E-state index contributed by atoms with van der Waals surface area (Å²) in [6.07, 6.45) is 6.02. The molecule has 1 aromatic carbocycles. The maximum Gasteiger partial charge on any atom is 0.141 e. The molecule has 20 heavy (non-hydrogen) atoms. The van der Waals surface area contributed by atoms with Crippen molar-refractivity contribution >= 4 is 11.6 Å². The van der Waals surface area contributed by atoms with Crippen LogP contribution in [0.5, 0.6) is 0 Å². The highest BCUT2D eigenvalue weighted by atomic mass is 35.5. The molecule has 0 atom stereocenters. The van der Waals surface area contributed by atoms with E-state index in [9.17, 15) is 4.39 Å². The molecule has 0 N–H and O–H groups in total. The molecule has 1 saturated heterocycles. The summed E-state index contributed by atoms with van der Waals surface area (Å²) in [5.41, 5.74) is 1.20. The van der Waals surface area contributed by atoms with Crippen molar-refractivity contribution in [3.63, 3.8) is 0 Å². The van der Waals surface area contributed by atoms with E-state index < -0.39 is 0 Å². The molecule has 1 saturated carbocycles. The van der Waals surface area contributed by atoms with Crippen molar-refractivity contribution in [1.82, 2.24) is 4.90 Å². The minimum absolute atomic E-state index is 0.0272. The summed E-state index contributed by atoms with van der Waals surface area (Å²) >= 11 is 6.02. The van der Waals surface area contributed by atoms with Crippen molar-refractivity contribution in [2.45, 2.75) is 37.6 Å². The molecule has 0 amide bonds. The summed E-state index contributed by atoms with van der Waals surface area (Å²) in [4.78, 5) is 2.53. The van der Waals surface area contributed by atoms with E-state index in [1.165, 1.54) is 30.9 Å². The van der Waals surface area contributed by atoms with Crippen LogP contribution in [-0.4, -0.2) is 31.2 Å². The topological polar surface area (TPSA) is 12.5 Å². The predicted molar refractivity (Wildman–Crippen MR) is 78.6 cm³/mol. The lowest BCUT2D eigenvalue weighted by Crippen LogP contribution is -2.52. The lowest BCUT2D eigenvalue weighted by atomic mass is 9.75. The Kier molecular flexibility index (Phi) is 4.29. The van der Waals surface area contributed by atoms with Gasteiger partial charge in [0.1, 0.15) is 5.82 Å². The summed E-state index contributed by atoms with van der Waals surface area (Å²) in [6, 6.07) is 5.26. The Balaban J connectivity index is 1.97. The molecule has 1 aliphatic carbocycles. The fraction of sp³-hybridized carbons (Fsp3) is 0.625. The lowest BCUT2D eigenvalue weighted by molar-refractivity contribution is -0.0404. The molecule has 2 nitrogen and oxygen atoms in total. The SMILES string of the molecule is Fc1ccc(C2(N3CCOCC3)CCCCC2)cc1Cl. The van der Waals surface area contributed by atoms with Crippen LogP contribution in [0.1, 0.15) is 37.7 Å². The zero-order valence-corrected chi connectivity index (χ0v) is 12.5. The quantitative estimate of drug-likeness (QED) is 0.819. The van der Waals surface area contributed by atoms with Gasteiger partial charge in [-0.1, -0.05) is 36.9 Å². The van der Waals surface area contributed by atoms with Crippen LogP contribution in [0.3, 0.4) is 0 Å². The minimum Gasteiger partial charge on any atom is -0.379 e. The molecule has 1 heterocycles. The predicted octanol–water partition coefficient (Wildman–Crippen LogP) is 3.97. The molecule has 0 unspecified atom stereocenters. The summed E-state index contributed by atoms with van der Waals surface area (Å²) in [6.45, 7) is 3.48. The Morgan fingerprint density at radius 2 is 1.80 bits per heavy atom. The Morgan fingerprint density at radius 1 is 1.10 bits per heavy atom. The number of nitrogens with zero attached hydrogens (tertiary/aromatic N) is 1. The Morgan fingerprint density at radius 3 is 2.45 bits per heavy atom. The summed E-state index contributed by atoms with van der Waals surface area (Å²) in [7, 11) is 0. The van der Waals surface area contributed by atoms with Gasteiger partial charge in [-0.2, -0.15) is 0 Å². The first-order valence-electron chi connectivity index (χ1n) is 7.51. The highest BCUT2D eigenvalue weighted by Gasteiger charge is 2.40. The molecule has 1 aromatic rings. The van der Waals surface area contributed by atoms with Crippen LogP contribution in [0.4, 0.5) is 4.39 Å². The number of morpholine rings is 1. The maximum absolute atomic E-state index is 13.5. The highest BCUT2D eigenvalue weighted by molar-refractivity contribution is 6.30. The Labute approximate surface area is 124 Å². The van der Waals surface area contributed by atoms with Crippen molar-refractivity contribution in [1.29, 1.82) is 0 Å². The fourth-order valence-corrected chi connectivity index (χ4v) is 3.88. The molecular weight excluding hydrogens is 277 g/mol. The van der Waals surface area contributed by atoms with Crippen molar-refractivity contribution < 1.29 is 9.13 Å². The maximum atomic E-state index is 13.5. The van der Waals surface area contributed by atoms with Gasteiger partial charge in [0.05, 0.1) is 18.2 Å². The van der Waals surface area contributed by atoms with E-state index in [1.54, 1.807) is 0 Å². The van der Waals surface area contributed by atoms with Gasteiger partial charge >= 0.3 is 0 Å². The first-order valence-corrected chi connectivity index (χ1v) is 7.88. The summed E-state index contributed by atoms with van der Waals surface area (Å²) in [5.74, 6) is -0.330. The number of halogens is 2. The van der Waals surface area contributed by atoms with Gasteiger partial charge in [-0.05, 0) is 30.5 Å². The van der Waals surface area contributed by atoms with Gasteiger partial charge < -0.3 is 4.74 Å². The third kappa shape index (κ3) is 2.59. The van der Waals surface area contributed by atoms with E-state index in [2.05, 4.69) is 4.90 Å². The smallest absolute Gasteiger partial charge is 0.141 e. The van der Waals surface area contributed by atoms with E-state index in [1.807, 2.05) is 12.1 Å². The van der Waals surface area contributed by atoms with Gasteiger partial charge in [0.25, 0.3) is 0 Å². The Bertz CT molecular complexity index is 468. The molecule has 0 spiro atoms. The van der Waals surface area contributed by atoms with Crippen LogP contribution < -0.4 is 0 Å². The van der Waals surface area contributed by atoms with E-state index in [4.69, 9.17) is 16.3 Å². The molecule has 2 aliphatic rings. The molecule has 0 bridgehead atoms. The van der Waals surface area contributed by atoms with Gasteiger partial charge in [0.15, 0.2) is 0 Å². The van der Waals surface area contributed by atoms with Crippen molar-refractivity contribution in [2.24, 2.45) is 0 Å². The van der Waals surface area contributed by atoms with Gasteiger partial charge in [-0.25, -0.2) is 4.39 Å². The second kappa shape index (κ2) is 6.00. The highest BCUT2D eigenvalue weighted by Crippen LogP contribution is 2.43. The van der Waals surface area contributed by atoms with Crippen LogP contribution >= 0.6 is 11.6 Å². The number of rotatable bonds is 2. The van der Waals surface area contributed by atoms with E-state index in [0.29, 0.717) is 0 Å². The molecule has 0 radical (unpaired) electrons. The second-order valence-corrected chi connectivity index (χ2v) is 6.23. The van der Waals surface area contributed by atoms with Crippen LogP contribution in [0, 0.1) is 5.82 Å². The second-order valence-electron chi connectivity index (χ2n) is 5.82. The van der Waals surface area contributed by atoms with Gasteiger partial charge in [-0.3, -0.25) is 4.90 Å². The molecular formula is C16H21ClFNO. The monoisotopic (exact) mass is 297 g/mol. The molecule has 4 heteroatoms. The zero-order valence-electron chi connectivity index (χ0n) is 11.7. The van der Waals surface area contributed by atoms with E-state index in [0.717, 1.165) is 39.1 Å².